The van der Waals surface area contributed by atoms with Crippen LogP contribution in [-0.4, -0.2) is 5.91 Å². The Morgan fingerprint density at radius 2 is 2.25 bits per heavy atom. The summed E-state index contributed by atoms with van der Waals surface area (Å²) in [7, 11) is 0. The molecule has 1 N–H and O–H groups in total. The van der Waals surface area contributed by atoms with E-state index in [0.717, 1.165) is 19.3 Å². The number of carbonyl (C=O) groups excluding carboxylic acids is 1. The molecular formula is C15H13BrFNOS. The summed E-state index contributed by atoms with van der Waals surface area (Å²) < 4.78 is 13.5. The van der Waals surface area contributed by atoms with E-state index in [4.69, 9.17) is 0 Å². The summed E-state index contributed by atoms with van der Waals surface area (Å²) in [5.74, 6) is -0.521. The number of hydrogen-bond acceptors (Lipinski definition) is 2. The first-order valence-corrected chi connectivity index (χ1v) is 8.14. The second-order valence-electron chi connectivity index (χ2n) is 4.84. The molecule has 5 heteroatoms. The average molecular weight is 354 g/mol. The Morgan fingerprint density at radius 1 is 1.40 bits per heavy atom. The highest BCUT2D eigenvalue weighted by molar-refractivity contribution is 9.10. The van der Waals surface area contributed by atoms with Crippen LogP contribution in [0.15, 0.2) is 34.1 Å². The number of fused-ring (bicyclic) bond motifs is 1. The second-order valence-corrected chi connectivity index (χ2v) is 6.70. The second kappa shape index (κ2) is 5.66. The highest BCUT2D eigenvalue weighted by atomic mass is 79.9. The third-order valence-electron chi connectivity index (χ3n) is 3.53. The SMILES string of the molecule is O=C(NC1CCCc2sccc21)c1ccc(F)cc1Br. The van der Waals surface area contributed by atoms with Gasteiger partial charge in [-0.25, -0.2) is 4.39 Å². The van der Waals surface area contributed by atoms with Crippen molar-refractivity contribution in [3.05, 3.63) is 55.9 Å². The van der Waals surface area contributed by atoms with Crippen molar-refractivity contribution in [2.24, 2.45) is 0 Å². The number of halogens is 2. The molecule has 1 aliphatic carbocycles. The van der Waals surface area contributed by atoms with Gasteiger partial charge in [-0.15, -0.1) is 11.3 Å². The molecule has 0 fully saturated rings. The lowest BCUT2D eigenvalue weighted by Gasteiger charge is -2.24. The molecular weight excluding hydrogens is 341 g/mol. The lowest BCUT2D eigenvalue weighted by molar-refractivity contribution is 0.0932. The van der Waals surface area contributed by atoms with E-state index in [2.05, 4.69) is 32.7 Å². The average Bonchev–Trinajstić information content (AvgIpc) is 2.87. The molecule has 1 aromatic heterocycles. The number of benzene rings is 1. The Bertz CT molecular complexity index is 655. The highest BCUT2D eigenvalue weighted by Crippen LogP contribution is 2.33. The maximum atomic E-state index is 13.1. The number of hydrogen-bond donors (Lipinski definition) is 1. The molecule has 0 radical (unpaired) electrons. The third kappa shape index (κ3) is 2.65. The van der Waals surface area contributed by atoms with E-state index in [9.17, 15) is 9.18 Å². The van der Waals surface area contributed by atoms with Crippen LogP contribution in [0.1, 0.15) is 39.7 Å². The largest absolute Gasteiger partial charge is 0.345 e. The fraction of sp³-hybridized carbons (Fsp3) is 0.267. The standard InChI is InChI=1S/C15H13BrFNOS/c16-12-8-9(17)4-5-10(12)15(19)18-13-2-1-3-14-11(13)6-7-20-14/h4-8,13H,1-3H2,(H,18,19). The van der Waals surface area contributed by atoms with Crippen LogP contribution in [0.2, 0.25) is 0 Å². The normalized spacial score (nSPS) is 17.6. The molecule has 1 unspecified atom stereocenters. The van der Waals surface area contributed by atoms with Gasteiger partial charge in [0.05, 0.1) is 11.6 Å². The first kappa shape index (κ1) is 13.8. The van der Waals surface area contributed by atoms with Crippen molar-refractivity contribution in [3.63, 3.8) is 0 Å². The van der Waals surface area contributed by atoms with Crippen molar-refractivity contribution >= 4 is 33.2 Å². The van der Waals surface area contributed by atoms with E-state index >= 15 is 0 Å². The lowest BCUT2D eigenvalue weighted by Crippen LogP contribution is -2.30. The Morgan fingerprint density at radius 3 is 3.05 bits per heavy atom. The summed E-state index contributed by atoms with van der Waals surface area (Å²) in [6.45, 7) is 0. The predicted octanol–water partition coefficient (Wildman–Crippen LogP) is 4.46. The summed E-state index contributed by atoms with van der Waals surface area (Å²) >= 11 is 4.98. The maximum Gasteiger partial charge on any atom is 0.252 e. The zero-order valence-electron chi connectivity index (χ0n) is 10.7. The summed E-state index contributed by atoms with van der Waals surface area (Å²) in [4.78, 5) is 13.7. The first-order chi connectivity index (χ1) is 9.65. The van der Waals surface area contributed by atoms with Gasteiger partial charge in [-0.05, 0) is 70.4 Å². The molecule has 0 saturated carbocycles. The minimum absolute atomic E-state index is 0.0643. The van der Waals surface area contributed by atoms with Gasteiger partial charge >= 0.3 is 0 Å². The smallest absolute Gasteiger partial charge is 0.252 e. The Labute approximate surface area is 129 Å². The van der Waals surface area contributed by atoms with Gasteiger partial charge in [0.2, 0.25) is 0 Å². The molecule has 20 heavy (non-hydrogen) atoms. The van der Waals surface area contributed by atoms with Gasteiger partial charge in [-0.1, -0.05) is 0 Å². The van der Waals surface area contributed by atoms with E-state index in [1.165, 1.54) is 28.6 Å². The van der Waals surface area contributed by atoms with Gasteiger partial charge in [0.1, 0.15) is 5.82 Å². The zero-order valence-corrected chi connectivity index (χ0v) is 13.1. The number of carbonyl (C=O) groups is 1. The van der Waals surface area contributed by atoms with Crippen LogP contribution >= 0.6 is 27.3 Å². The van der Waals surface area contributed by atoms with Crippen LogP contribution in [0.4, 0.5) is 4.39 Å². The highest BCUT2D eigenvalue weighted by Gasteiger charge is 2.23. The van der Waals surface area contributed by atoms with Crippen LogP contribution in [-0.2, 0) is 6.42 Å². The van der Waals surface area contributed by atoms with Gasteiger partial charge in [0, 0.05) is 9.35 Å². The Hall–Kier alpha value is -1.20. The van der Waals surface area contributed by atoms with E-state index in [1.807, 2.05) is 0 Å². The molecule has 0 saturated heterocycles. The third-order valence-corrected chi connectivity index (χ3v) is 5.19. The van der Waals surface area contributed by atoms with E-state index in [0.29, 0.717) is 10.0 Å². The monoisotopic (exact) mass is 353 g/mol. The Kier molecular flexibility index (Phi) is 3.89. The maximum absolute atomic E-state index is 13.1. The van der Waals surface area contributed by atoms with E-state index < -0.39 is 0 Å². The fourth-order valence-electron chi connectivity index (χ4n) is 2.55. The minimum Gasteiger partial charge on any atom is -0.345 e. The zero-order chi connectivity index (χ0) is 14.1. The molecule has 1 aliphatic rings. The van der Waals surface area contributed by atoms with Crippen molar-refractivity contribution in [1.82, 2.24) is 5.32 Å². The van der Waals surface area contributed by atoms with Gasteiger partial charge < -0.3 is 5.32 Å². The fourth-order valence-corrected chi connectivity index (χ4v) is 4.06. The molecule has 2 nitrogen and oxygen atoms in total. The van der Waals surface area contributed by atoms with Crippen molar-refractivity contribution in [3.8, 4) is 0 Å². The molecule has 3 rings (SSSR count). The molecule has 1 heterocycles. The summed E-state index contributed by atoms with van der Waals surface area (Å²) in [5, 5.41) is 5.13. The van der Waals surface area contributed by atoms with Gasteiger partial charge in [-0.3, -0.25) is 4.79 Å². The molecule has 0 spiro atoms. The van der Waals surface area contributed by atoms with Gasteiger partial charge in [-0.2, -0.15) is 0 Å². The molecule has 1 amide bonds. The van der Waals surface area contributed by atoms with Crippen molar-refractivity contribution < 1.29 is 9.18 Å². The molecule has 1 atom stereocenters. The predicted molar refractivity (Wildman–Crippen MR) is 81.6 cm³/mol. The molecule has 2 aromatic rings. The summed E-state index contributed by atoms with van der Waals surface area (Å²) in [6.07, 6.45) is 3.14. The van der Waals surface area contributed by atoms with Crippen LogP contribution in [0.25, 0.3) is 0 Å². The van der Waals surface area contributed by atoms with Crippen LogP contribution < -0.4 is 5.32 Å². The molecule has 0 aliphatic heterocycles. The number of aryl methyl sites for hydroxylation is 1. The first-order valence-electron chi connectivity index (χ1n) is 6.47. The number of amides is 1. The van der Waals surface area contributed by atoms with Crippen LogP contribution in [0.5, 0.6) is 0 Å². The lowest BCUT2D eigenvalue weighted by atomic mass is 9.94. The van der Waals surface area contributed by atoms with Crippen LogP contribution in [0.3, 0.4) is 0 Å². The number of thiophene rings is 1. The topological polar surface area (TPSA) is 29.1 Å². The summed E-state index contributed by atoms with van der Waals surface area (Å²) in [6, 6.07) is 6.27. The van der Waals surface area contributed by atoms with Gasteiger partial charge in [0.15, 0.2) is 0 Å². The molecule has 1 aromatic carbocycles. The molecule has 104 valence electrons. The number of nitrogens with one attached hydrogen (secondary N) is 1. The van der Waals surface area contributed by atoms with Gasteiger partial charge in [0.25, 0.3) is 5.91 Å². The quantitative estimate of drug-likeness (QED) is 0.848. The van der Waals surface area contributed by atoms with Crippen LogP contribution in [0, 0.1) is 5.82 Å². The van der Waals surface area contributed by atoms with Crippen molar-refractivity contribution in [2.45, 2.75) is 25.3 Å². The number of rotatable bonds is 2. The Balaban J connectivity index is 1.81. The summed E-state index contributed by atoms with van der Waals surface area (Å²) in [5.41, 5.74) is 1.70. The van der Waals surface area contributed by atoms with E-state index in [1.54, 1.807) is 11.3 Å². The van der Waals surface area contributed by atoms with Crippen molar-refractivity contribution in [1.29, 1.82) is 0 Å². The molecule has 0 bridgehead atoms. The van der Waals surface area contributed by atoms with E-state index in [-0.39, 0.29) is 17.8 Å². The van der Waals surface area contributed by atoms with Crippen molar-refractivity contribution in [2.75, 3.05) is 0 Å². The minimum atomic E-state index is -0.355.